The highest BCUT2D eigenvalue weighted by Gasteiger charge is 2.13. The maximum Gasteiger partial charge on any atom is 0.227 e. The topological polar surface area (TPSA) is 117 Å². The molecule has 0 fully saturated rings. The Kier molecular flexibility index (Phi) is 5.91. The summed E-state index contributed by atoms with van der Waals surface area (Å²) < 4.78 is 6.15. The Morgan fingerprint density at radius 1 is 1.03 bits per heavy atom. The Hall–Kier alpha value is -4.83. The van der Waals surface area contributed by atoms with Gasteiger partial charge in [-0.2, -0.15) is 5.10 Å². The van der Waals surface area contributed by atoms with E-state index in [1.54, 1.807) is 31.0 Å². The van der Waals surface area contributed by atoms with Crippen molar-refractivity contribution in [3.63, 3.8) is 0 Å². The minimum atomic E-state index is 0.282. The Balaban J connectivity index is 1.28. The summed E-state index contributed by atoms with van der Waals surface area (Å²) in [5.41, 5.74) is 8.57. The van der Waals surface area contributed by atoms with Crippen LogP contribution in [0.2, 0.25) is 0 Å². The predicted octanol–water partition coefficient (Wildman–Crippen LogP) is 3.97. The summed E-state index contributed by atoms with van der Waals surface area (Å²) in [5.74, 6) is 1.17. The number of nitrogens with zero attached hydrogens (tertiary/aromatic N) is 6. The van der Waals surface area contributed by atoms with Crippen LogP contribution in [0.15, 0.2) is 85.7 Å². The van der Waals surface area contributed by atoms with Crippen molar-refractivity contribution in [3.8, 4) is 17.0 Å². The number of fused-ring (bicyclic) bond motifs is 1. The number of benzene rings is 2. The summed E-state index contributed by atoms with van der Waals surface area (Å²) in [6.07, 6.45) is 12.6. The smallest absolute Gasteiger partial charge is 0.227 e. The minimum Gasteiger partial charge on any atom is -0.486 e. The highest BCUT2D eigenvalue weighted by atomic mass is 16.5. The molecule has 0 aliphatic carbocycles. The summed E-state index contributed by atoms with van der Waals surface area (Å²) in [6, 6.07) is 14.0. The Bertz CT molecular complexity index is 1500. The molecule has 1 aliphatic rings. The molecule has 36 heavy (non-hydrogen) atoms. The van der Waals surface area contributed by atoms with Gasteiger partial charge in [-0.3, -0.25) is 15.1 Å². The fourth-order valence-corrected chi connectivity index (χ4v) is 4.00. The number of rotatable bonds is 8. The van der Waals surface area contributed by atoms with E-state index in [4.69, 9.17) is 9.72 Å². The van der Waals surface area contributed by atoms with Gasteiger partial charge in [-0.1, -0.05) is 18.2 Å². The van der Waals surface area contributed by atoms with E-state index in [9.17, 15) is 0 Å². The van der Waals surface area contributed by atoms with Gasteiger partial charge in [-0.05, 0) is 29.8 Å². The zero-order valence-electron chi connectivity index (χ0n) is 19.3. The minimum absolute atomic E-state index is 0.282. The van der Waals surface area contributed by atoms with E-state index in [0.717, 1.165) is 46.6 Å². The van der Waals surface area contributed by atoms with E-state index in [1.807, 2.05) is 36.5 Å². The van der Waals surface area contributed by atoms with Crippen LogP contribution in [-0.2, 0) is 13.2 Å². The number of ether oxygens (including phenoxy) is 1. The molecule has 4 heterocycles. The highest BCUT2D eigenvalue weighted by molar-refractivity contribution is 5.87. The van der Waals surface area contributed by atoms with Gasteiger partial charge in [0.1, 0.15) is 12.4 Å². The number of aromatic amines is 1. The van der Waals surface area contributed by atoms with Gasteiger partial charge in [0, 0.05) is 60.2 Å². The molecule has 10 nitrogen and oxygen atoms in total. The molecule has 0 radical (unpaired) electrons. The van der Waals surface area contributed by atoms with Crippen LogP contribution in [0, 0.1) is 0 Å². The van der Waals surface area contributed by atoms with E-state index in [1.165, 1.54) is 5.56 Å². The van der Waals surface area contributed by atoms with E-state index in [0.29, 0.717) is 11.7 Å². The summed E-state index contributed by atoms with van der Waals surface area (Å²) in [4.78, 5) is 17.7. The van der Waals surface area contributed by atoms with Crippen molar-refractivity contribution in [1.29, 1.82) is 0 Å². The van der Waals surface area contributed by atoms with Crippen molar-refractivity contribution >= 4 is 22.5 Å². The third-order valence-electron chi connectivity index (χ3n) is 5.70. The predicted molar refractivity (Wildman–Crippen MR) is 136 cm³/mol. The molecule has 178 valence electrons. The molecule has 0 amide bonds. The van der Waals surface area contributed by atoms with Crippen molar-refractivity contribution in [2.24, 2.45) is 0 Å². The molecule has 0 atom stereocenters. The molecule has 10 heteroatoms. The normalized spacial score (nSPS) is 12.8. The quantitative estimate of drug-likeness (QED) is 0.305. The van der Waals surface area contributed by atoms with Gasteiger partial charge in [0.25, 0.3) is 0 Å². The molecule has 3 N–H and O–H groups in total. The molecular weight excluding hydrogens is 454 g/mol. The van der Waals surface area contributed by atoms with E-state index in [2.05, 4.69) is 59.1 Å². The SMILES string of the molecule is C1=CN(Cc2cccc(Nc3ncc4cc(-c5ccn[nH]5)c(OCc5cnccn5)cc4n3)c2)NC1. The zero-order valence-corrected chi connectivity index (χ0v) is 19.3. The number of anilines is 2. The number of aromatic nitrogens is 6. The summed E-state index contributed by atoms with van der Waals surface area (Å²) in [6.45, 7) is 1.91. The van der Waals surface area contributed by atoms with Crippen LogP contribution >= 0.6 is 0 Å². The summed E-state index contributed by atoms with van der Waals surface area (Å²) in [5, 5.41) is 13.4. The second-order valence-electron chi connectivity index (χ2n) is 8.26. The molecule has 0 unspecified atom stereocenters. The fourth-order valence-electron chi connectivity index (χ4n) is 4.00. The van der Waals surface area contributed by atoms with Gasteiger partial charge in [0.15, 0.2) is 0 Å². The maximum absolute atomic E-state index is 6.15. The first-order chi connectivity index (χ1) is 17.8. The van der Waals surface area contributed by atoms with Gasteiger partial charge < -0.3 is 15.1 Å². The van der Waals surface area contributed by atoms with Crippen LogP contribution in [0.4, 0.5) is 11.6 Å². The monoisotopic (exact) mass is 477 g/mol. The molecule has 0 bridgehead atoms. The van der Waals surface area contributed by atoms with Gasteiger partial charge in [0.05, 0.1) is 29.6 Å². The number of hydrazine groups is 1. The molecule has 6 rings (SSSR count). The molecule has 5 aromatic rings. The third kappa shape index (κ3) is 4.84. The molecule has 2 aromatic carbocycles. The largest absolute Gasteiger partial charge is 0.486 e. The molecule has 1 aliphatic heterocycles. The van der Waals surface area contributed by atoms with E-state index < -0.39 is 0 Å². The van der Waals surface area contributed by atoms with Crippen LogP contribution in [0.3, 0.4) is 0 Å². The average molecular weight is 478 g/mol. The Labute approximate surface area is 207 Å². The molecule has 0 saturated heterocycles. The average Bonchev–Trinajstić information content (AvgIpc) is 3.63. The standard InChI is InChI=1S/C26H23N9O/c1-3-18(16-35-10-2-6-31-35)11-20(4-1)32-26-29-14-19-12-22(23-5-7-30-34-23)25(13-24(19)33-26)36-17-21-15-27-8-9-28-21/h1-5,7-15,31H,6,16-17H2,(H,30,34)(H,29,32,33). The second kappa shape index (κ2) is 9.80. The first-order valence-electron chi connectivity index (χ1n) is 11.5. The van der Waals surface area contributed by atoms with Crippen LogP contribution in [0.5, 0.6) is 5.75 Å². The van der Waals surface area contributed by atoms with Gasteiger partial charge in [-0.15, -0.1) is 0 Å². The van der Waals surface area contributed by atoms with E-state index >= 15 is 0 Å². The molecular formula is C26H23N9O. The molecule has 0 spiro atoms. The van der Waals surface area contributed by atoms with Crippen LogP contribution in [0.1, 0.15) is 11.3 Å². The Morgan fingerprint density at radius 2 is 2.03 bits per heavy atom. The van der Waals surface area contributed by atoms with Crippen molar-refractivity contribution in [2.75, 3.05) is 11.9 Å². The van der Waals surface area contributed by atoms with Gasteiger partial charge in [-0.25, -0.2) is 15.4 Å². The van der Waals surface area contributed by atoms with Crippen LogP contribution in [-0.4, -0.2) is 41.7 Å². The van der Waals surface area contributed by atoms with Crippen molar-refractivity contribution in [1.82, 2.24) is 40.6 Å². The lowest BCUT2D eigenvalue weighted by Gasteiger charge is -2.16. The van der Waals surface area contributed by atoms with Crippen LogP contribution in [0.25, 0.3) is 22.2 Å². The number of nitrogens with one attached hydrogen (secondary N) is 3. The van der Waals surface area contributed by atoms with Crippen molar-refractivity contribution in [2.45, 2.75) is 13.2 Å². The summed E-state index contributed by atoms with van der Waals surface area (Å²) >= 11 is 0. The highest BCUT2D eigenvalue weighted by Crippen LogP contribution is 2.33. The lowest BCUT2D eigenvalue weighted by atomic mass is 10.1. The van der Waals surface area contributed by atoms with Crippen LogP contribution < -0.4 is 15.5 Å². The van der Waals surface area contributed by atoms with Crippen molar-refractivity contribution in [3.05, 3.63) is 97.0 Å². The van der Waals surface area contributed by atoms with Crippen molar-refractivity contribution < 1.29 is 4.74 Å². The zero-order chi connectivity index (χ0) is 24.2. The van der Waals surface area contributed by atoms with E-state index in [-0.39, 0.29) is 6.61 Å². The first kappa shape index (κ1) is 21.7. The van der Waals surface area contributed by atoms with Gasteiger partial charge in [0.2, 0.25) is 5.95 Å². The maximum atomic E-state index is 6.15. The third-order valence-corrected chi connectivity index (χ3v) is 5.70. The molecule has 3 aromatic heterocycles. The Morgan fingerprint density at radius 3 is 2.86 bits per heavy atom. The lowest BCUT2D eigenvalue weighted by molar-refractivity contribution is 0.299. The second-order valence-corrected chi connectivity index (χ2v) is 8.26. The molecule has 0 saturated carbocycles. The first-order valence-corrected chi connectivity index (χ1v) is 11.5. The summed E-state index contributed by atoms with van der Waals surface area (Å²) in [7, 11) is 0. The number of H-pyrrole nitrogens is 1. The number of hydrogen-bond acceptors (Lipinski definition) is 9. The lowest BCUT2D eigenvalue weighted by Crippen LogP contribution is -2.27. The van der Waals surface area contributed by atoms with Gasteiger partial charge >= 0.3 is 0 Å². The number of hydrogen-bond donors (Lipinski definition) is 3. The fraction of sp³-hybridized carbons (Fsp3) is 0.115.